The number of hydrogen-bond acceptors (Lipinski definition) is 2. The lowest BCUT2D eigenvalue weighted by Gasteiger charge is -2.09. The Morgan fingerprint density at radius 1 is 1.12 bits per heavy atom. The molecule has 1 aromatic carbocycles. The lowest BCUT2D eigenvalue weighted by Crippen LogP contribution is -2.00. The SMILES string of the molecule is OC(c1ccccc1)C1CC1c1ccco1. The van der Waals surface area contributed by atoms with E-state index in [0.717, 1.165) is 17.7 Å². The van der Waals surface area contributed by atoms with Crippen molar-refractivity contribution < 1.29 is 9.52 Å². The molecule has 1 aliphatic rings. The number of hydrogen-bond donors (Lipinski definition) is 1. The molecule has 1 saturated carbocycles. The van der Waals surface area contributed by atoms with E-state index in [1.807, 2.05) is 42.5 Å². The molecule has 16 heavy (non-hydrogen) atoms. The molecule has 1 N–H and O–H groups in total. The summed E-state index contributed by atoms with van der Waals surface area (Å²) in [5.74, 6) is 1.71. The van der Waals surface area contributed by atoms with E-state index < -0.39 is 0 Å². The largest absolute Gasteiger partial charge is 0.469 e. The van der Waals surface area contributed by atoms with Crippen LogP contribution in [0.5, 0.6) is 0 Å². The Labute approximate surface area is 94.5 Å². The van der Waals surface area contributed by atoms with Gasteiger partial charge in [0.1, 0.15) is 5.76 Å². The molecule has 0 saturated heterocycles. The summed E-state index contributed by atoms with van der Waals surface area (Å²) in [5, 5.41) is 10.2. The van der Waals surface area contributed by atoms with Gasteiger partial charge in [-0.15, -0.1) is 0 Å². The molecular weight excluding hydrogens is 200 g/mol. The van der Waals surface area contributed by atoms with Crippen molar-refractivity contribution in [3.8, 4) is 0 Å². The fourth-order valence-electron chi connectivity index (χ4n) is 2.29. The molecule has 1 aliphatic carbocycles. The van der Waals surface area contributed by atoms with Crippen LogP contribution < -0.4 is 0 Å². The summed E-state index contributed by atoms with van der Waals surface area (Å²) in [6, 6.07) is 13.7. The minimum atomic E-state index is -0.365. The summed E-state index contributed by atoms with van der Waals surface area (Å²) in [4.78, 5) is 0. The van der Waals surface area contributed by atoms with Crippen molar-refractivity contribution in [2.24, 2.45) is 5.92 Å². The van der Waals surface area contributed by atoms with E-state index in [-0.39, 0.29) is 6.10 Å². The van der Waals surface area contributed by atoms with Gasteiger partial charge in [-0.1, -0.05) is 30.3 Å². The Kier molecular flexibility index (Phi) is 2.29. The normalized spacial score (nSPS) is 25.3. The van der Waals surface area contributed by atoms with Crippen molar-refractivity contribution in [1.29, 1.82) is 0 Å². The summed E-state index contributed by atoms with van der Waals surface area (Å²) in [6.07, 6.45) is 2.35. The predicted octanol–water partition coefficient (Wildman–Crippen LogP) is 3.12. The molecule has 0 radical (unpaired) electrons. The van der Waals surface area contributed by atoms with Crippen molar-refractivity contribution in [3.63, 3.8) is 0 Å². The number of rotatable bonds is 3. The van der Waals surface area contributed by atoms with Gasteiger partial charge < -0.3 is 9.52 Å². The standard InChI is InChI=1S/C14H14O2/c15-14(10-5-2-1-3-6-10)12-9-11(12)13-7-4-8-16-13/h1-8,11-12,14-15H,9H2. The van der Waals surface area contributed by atoms with Crippen LogP contribution in [-0.2, 0) is 0 Å². The molecule has 0 amide bonds. The zero-order chi connectivity index (χ0) is 11.0. The van der Waals surface area contributed by atoms with Gasteiger partial charge in [-0.05, 0) is 30.0 Å². The molecule has 1 aromatic heterocycles. The first kappa shape index (κ1) is 9.67. The lowest BCUT2D eigenvalue weighted by molar-refractivity contribution is 0.150. The lowest BCUT2D eigenvalue weighted by atomic mass is 10.0. The van der Waals surface area contributed by atoms with Crippen LogP contribution in [0, 0.1) is 5.92 Å². The summed E-state index contributed by atoms with van der Waals surface area (Å²) in [6.45, 7) is 0. The average Bonchev–Trinajstić information content (AvgIpc) is 2.95. The highest BCUT2D eigenvalue weighted by Crippen LogP contribution is 2.54. The molecule has 82 valence electrons. The Morgan fingerprint density at radius 3 is 2.62 bits per heavy atom. The fourth-order valence-corrected chi connectivity index (χ4v) is 2.29. The Balaban J connectivity index is 1.73. The molecule has 2 heteroatoms. The van der Waals surface area contributed by atoms with Gasteiger partial charge in [-0.25, -0.2) is 0 Å². The maximum absolute atomic E-state index is 10.2. The molecule has 2 nitrogen and oxygen atoms in total. The third-order valence-electron chi connectivity index (χ3n) is 3.30. The minimum Gasteiger partial charge on any atom is -0.469 e. The molecule has 0 bridgehead atoms. The zero-order valence-electron chi connectivity index (χ0n) is 8.91. The van der Waals surface area contributed by atoms with Crippen LogP contribution in [0.4, 0.5) is 0 Å². The van der Waals surface area contributed by atoms with Gasteiger partial charge in [0.05, 0.1) is 12.4 Å². The minimum absolute atomic E-state index is 0.313. The van der Waals surface area contributed by atoms with Crippen LogP contribution in [0.15, 0.2) is 53.1 Å². The van der Waals surface area contributed by atoms with Crippen LogP contribution in [0.2, 0.25) is 0 Å². The van der Waals surface area contributed by atoms with Crippen molar-refractivity contribution >= 4 is 0 Å². The Hall–Kier alpha value is -1.54. The van der Waals surface area contributed by atoms with Gasteiger partial charge in [0.2, 0.25) is 0 Å². The molecule has 1 heterocycles. The summed E-state index contributed by atoms with van der Waals surface area (Å²) < 4.78 is 5.36. The average molecular weight is 214 g/mol. The van der Waals surface area contributed by atoms with E-state index >= 15 is 0 Å². The molecular formula is C14H14O2. The molecule has 3 unspecified atom stereocenters. The smallest absolute Gasteiger partial charge is 0.107 e. The van der Waals surface area contributed by atoms with Gasteiger partial charge in [-0.2, -0.15) is 0 Å². The van der Waals surface area contributed by atoms with Gasteiger partial charge in [0.15, 0.2) is 0 Å². The van der Waals surface area contributed by atoms with E-state index in [0.29, 0.717) is 11.8 Å². The van der Waals surface area contributed by atoms with E-state index in [1.54, 1.807) is 6.26 Å². The number of aliphatic hydroxyl groups is 1. The van der Waals surface area contributed by atoms with Crippen molar-refractivity contribution in [2.45, 2.75) is 18.4 Å². The van der Waals surface area contributed by atoms with Gasteiger partial charge in [-0.3, -0.25) is 0 Å². The van der Waals surface area contributed by atoms with Gasteiger partial charge in [0.25, 0.3) is 0 Å². The predicted molar refractivity (Wildman–Crippen MR) is 61.0 cm³/mol. The fraction of sp³-hybridized carbons (Fsp3) is 0.286. The summed E-state index contributed by atoms with van der Waals surface area (Å²) in [7, 11) is 0. The second-order valence-electron chi connectivity index (χ2n) is 4.38. The second-order valence-corrected chi connectivity index (χ2v) is 4.38. The van der Waals surface area contributed by atoms with Crippen molar-refractivity contribution in [1.82, 2.24) is 0 Å². The zero-order valence-corrected chi connectivity index (χ0v) is 8.91. The third-order valence-corrected chi connectivity index (χ3v) is 3.30. The van der Waals surface area contributed by atoms with Crippen molar-refractivity contribution in [2.75, 3.05) is 0 Å². The second kappa shape index (κ2) is 3.80. The number of furan rings is 1. The quantitative estimate of drug-likeness (QED) is 0.851. The van der Waals surface area contributed by atoms with Crippen molar-refractivity contribution in [3.05, 3.63) is 60.1 Å². The van der Waals surface area contributed by atoms with Crippen LogP contribution in [-0.4, -0.2) is 5.11 Å². The molecule has 3 rings (SSSR count). The van der Waals surface area contributed by atoms with Crippen LogP contribution in [0.25, 0.3) is 0 Å². The first-order chi connectivity index (χ1) is 7.86. The van der Waals surface area contributed by atoms with Crippen LogP contribution in [0.3, 0.4) is 0 Å². The first-order valence-electron chi connectivity index (χ1n) is 5.62. The first-order valence-corrected chi connectivity index (χ1v) is 5.62. The summed E-state index contributed by atoms with van der Waals surface area (Å²) in [5.41, 5.74) is 1.00. The Morgan fingerprint density at radius 2 is 1.94 bits per heavy atom. The monoisotopic (exact) mass is 214 g/mol. The molecule has 0 aliphatic heterocycles. The van der Waals surface area contributed by atoms with Crippen LogP contribution in [0.1, 0.15) is 29.8 Å². The third kappa shape index (κ3) is 1.65. The van der Waals surface area contributed by atoms with E-state index in [4.69, 9.17) is 4.42 Å². The highest BCUT2D eigenvalue weighted by Gasteiger charge is 2.45. The highest BCUT2D eigenvalue weighted by atomic mass is 16.3. The number of benzene rings is 1. The summed E-state index contributed by atoms with van der Waals surface area (Å²) >= 11 is 0. The number of aliphatic hydroxyl groups excluding tert-OH is 1. The van der Waals surface area contributed by atoms with E-state index in [1.165, 1.54) is 0 Å². The van der Waals surface area contributed by atoms with E-state index in [2.05, 4.69) is 0 Å². The topological polar surface area (TPSA) is 33.4 Å². The Bertz CT molecular complexity index is 447. The molecule has 2 aromatic rings. The van der Waals surface area contributed by atoms with Crippen LogP contribution >= 0.6 is 0 Å². The molecule has 1 fully saturated rings. The van der Waals surface area contributed by atoms with Gasteiger partial charge >= 0.3 is 0 Å². The van der Waals surface area contributed by atoms with Gasteiger partial charge in [0, 0.05) is 5.92 Å². The van der Waals surface area contributed by atoms with E-state index in [9.17, 15) is 5.11 Å². The molecule has 0 spiro atoms. The molecule has 3 atom stereocenters. The maximum Gasteiger partial charge on any atom is 0.107 e. The maximum atomic E-state index is 10.2. The highest BCUT2D eigenvalue weighted by molar-refractivity contribution is 5.24.